The van der Waals surface area contributed by atoms with E-state index in [1.54, 1.807) is 0 Å². The molecule has 1 aromatic carbocycles. The van der Waals surface area contributed by atoms with Gasteiger partial charge in [0.05, 0.1) is 0 Å². The number of nitrogens with two attached hydrogens (primary N) is 1. The molecule has 1 amide bonds. The lowest BCUT2D eigenvalue weighted by Crippen LogP contribution is -2.48. The quantitative estimate of drug-likeness (QED) is 0.787. The highest BCUT2D eigenvalue weighted by Crippen LogP contribution is 2.31. The van der Waals surface area contributed by atoms with Crippen LogP contribution < -0.4 is 11.1 Å². The Morgan fingerprint density at radius 3 is 2.62 bits per heavy atom. The first-order valence-electron chi connectivity index (χ1n) is 5.69. The zero-order valence-corrected chi connectivity index (χ0v) is 9.84. The number of carbonyl (C=O) groups is 1. The third-order valence-electron chi connectivity index (χ3n) is 3.58. The summed E-state index contributed by atoms with van der Waals surface area (Å²) in [6.07, 6.45) is 1.79. The molecule has 3 heteroatoms. The Labute approximate surface area is 96.0 Å². The van der Waals surface area contributed by atoms with Crippen molar-refractivity contribution in [2.45, 2.75) is 32.2 Å². The topological polar surface area (TPSA) is 55.1 Å². The fourth-order valence-corrected chi connectivity index (χ4v) is 2.35. The highest BCUT2D eigenvalue weighted by atomic mass is 16.1. The van der Waals surface area contributed by atoms with Gasteiger partial charge in [-0.25, -0.2) is 0 Å². The van der Waals surface area contributed by atoms with E-state index in [1.165, 1.54) is 11.1 Å². The van der Waals surface area contributed by atoms with Crippen molar-refractivity contribution >= 4 is 5.91 Å². The molecule has 0 spiro atoms. The summed E-state index contributed by atoms with van der Waals surface area (Å²) in [6.45, 7) is 4.98. The number of benzene rings is 1. The molecule has 0 aliphatic carbocycles. The van der Waals surface area contributed by atoms with E-state index in [4.69, 9.17) is 5.73 Å². The van der Waals surface area contributed by atoms with Crippen LogP contribution in [0.2, 0.25) is 0 Å². The third-order valence-corrected chi connectivity index (χ3v) is 3.58. The molecule has 1 aliphatic rings. The van der Waals surface area contributed by atoms with E-state index in [2.05, 4.69) is 31.3 Å². The number of amides is 1. The third kappa shape index (κ3) is 1.61. The van der Waals surface area contributed by atoms with E-state index in [9.17, 15) is 4.79 Å². The van der Waals surface area contributed by atoms with Crippen molar-refractivity contribution in [3.63, 3.8) is 0 Å². The van der Waals surface area contributed by atoms with E-state index in [0.29, 0.717) is 0 Å². The number of carbonyl (C=O) groups excluding carboxylic acids is 1. The average molecular weight is 218 g/mol. The molecule has 1 atom stereocenters. The van der Waals surface area contributed by atoms with Gasteiger partial charge in [-0.1, -0.05) is 18.2 Å². The Kier molecular flexibility index (Phi) is 2.72. The van der Waals surface area contributed by atoms with Gasteiger partial charge in [-0.05, 0) is 49.9 Å². The molecule has 3 nitrogen and oxygen atoms in total. The van der Waals surface area contributed by atoms with Crippen LogP contribution >= 0.6 is 0 Å². The molecule has 1 unspecified atom stereocenters. The summed E-state index contributed by atoms with van der Waals surface area (Å²) in [5.41, 5.74) is 8.35. The predicted molar refractivity (Wildman–Crippen MR) is 64.0 cm³/mol. The molecule has 0 radical (unpaired) electrons. The number of primary amides is 1. The molecule has 2 rings (SSSR count). The normalized spacial score (nSPS) is 24.6. The summed E-state index contributed by atoms with van der Waals surface area (Å²) >= 11 is 0. The second kappa shape index (κ2) is 3.91. The van der Waals surface area contributed by atoms with Crippen molar-refractivity contribution < 1.29 is 4.79 Å². The van der Waals surface area contributed by atoms with Gasteiger partial charge in [0, 0.05) is 0 Å². The lowest BCUT2D eigenvalue weighted by Gasteiger charge is -2.27. The molecule has 0 bridgehead atoms. The molecule has 3 N–H and O–H groups in total. The molecular formula is C13H18N2O. The largest absolute Gasteiger partial charge is 0.368 e. The highest BCUT2D eigenvalue weighted by Gasteiger charge is 2.40. The number of rotatable bonds is 2. The first-order chi connectivity index (χ1) is 7.56. The molecule has 0 saturated carbocycles. The number of nitrogens with one attached hydrogen (secondary N) is 1. The minimum Gasteiger partial charge on any atom is -0.368 e. The molecule has 1 aliphatic heterocycles. The molecular weight excluding hydrogens is 200 g/mol. The Bertz CT molecular complexity index is 420. The van der Waals surface area contributed by atoms with Crippen molar-refractivity contribution in [2.75, 3.05) is 6.54 Å². The first kappa shape index (κ1) is 11.1. The molecule has 1 heterocycles. The van der Waals surface area contributed by atoms with E-state index in [1.807, 2.05) is 6.07 Å². The monoisotopic (exact) mass is 218 g/mol. The highest BCUT2D eigenvalue weighted by molar-refractivity contribution is 5.86. The Balaban J connectivity index is 2.47. The molecule has 16 heavy (non-hydrogen) atoms. The summed E-state index contributed by atoms with van der Waals surface area (Å²) in [7, 11) is 0. The summed E-state index contributed by atoms with van der Waals surface area (Å²) in [4.78, 5) is 11.7. The van der Waals surface area contributed by atoms with Crippen LogP contribution in [0.1, 0.15) is 29.5 Å². The van der Waals surface area contributed by atoms with E-state index in [0.717, 1.165) is 24.9 Å². The minimum absolute atomic E-state index is 0.270. The van der Waals surface area contributed by atoms with Gasteiger partial charge in [0.25, 0.3) is 0 Å². The summed E-state index contributed by atoms with van der Waals surface area (Å²) in [5, 5.41) is 3.26. The molecule has 0 aromatic heterocycles. The van der Waals surface area contributed by atoms with Crippen LogP contribution in [-0.4, -0.2) is 12.5 Å². The first-order valence-corrected chi connectivity index (χ1v) is 5.69. The van der Waals surface area contributed by atoms with Gasteiger partial charge in [0.1, 0.15) is 5.54 Å². The number of hydrogen-bond donors (Lipinski definition) is 2. The Morgan fingerprint density at radius 1 is 1.38 bits per heavy atom. The molecule has 1 aromatic rings. The summed E-state index contributed by atoms with van der Waals surface area (Å²) in [5.74, 6) is -0.270. The molecule has 86 valence electrons. The van der Waals surface area contributed by atoms with Crippen LogP contribution in [0.15, 0.2) is 18.2 Å². The van der Waals surface area contributed by atoms with Gasteiger partial charge in [-0.3, -0.25) is 10.1 Å². The standard InChI is InChI=1S/C13H18N2O/c1-9-4-5-11(8-10(9)2)13(12(14)16)6-3-7-15-13/h4-5,8,15H,3,6-7H2,1-2H3,(H2,14,16). The maximum absolute atomic E-state index is 11.7. The lowest BCUT2D eigenvalue weighted by molar-refractivity contribution is -0.124. The average Bonchev–Trinajstić information content (AvgIpc) is 2.72. The zero-order chi connectivity index (χ0) is 11.8. The number of hydrogen-bond acceptors (Lipinski definition) is 2. The van der Waals surface area contributed by atoms with Crippen molar-refractivity contribution in [3.05, 3.63) is 34.9 Å². The Morgan fingerprint density at radius 2 is 2.12 bits per heavy atom. The second-order valence-electron chi connectivity index (χ2n) is 4.60. The van der Waals surface area contributed by atoms with Crippen molar-refractivity contribution in [1.29, 1.82) is 0 Å². The van der Waals surface area contributed by atoms with Crippen LogP contribution in [0.3, 0.4) is 0 Å². The van der Waals surface area contributed by atoms with Crippen molar-refractivity contribution in [1.82, 2.24) is 5.32 Å². The van der Waals surface area contributed by atoms with Gasteiger partial charge in [-0.15, -0.1) is 0 Å². The van der Waals surface area contributed by atoms with Crippen molar-refractivity contribution in [2.24, 2.45) is 5.73 Å². The lowest BCUT2D eigenvalue weighted by atomic mass is 9.86. The zero-order valence-electron chi connectivity index (χ0n) is 9.84. The second-order valence-corrected chi connectivity index (χ2v) is 4.60. The van der Waals surface area contributed by atoms with Crippen LogP contribution in [-0.2, 0) is 10.3 Å². The van der Waals surface area contributed by atoms with Crippen LogP contribution in [0.5, 0.6) is 0 Å². The van der Waals surface area contributed by atoms with Gasteiger partial charge < -0.3 is 5.73 Å². The van der Waals surface area contributed by atoms with E-state index in [-0.39, 0.29) is 5.91 Å². The van der Waals surface area contributed by atoms with Gasteiger partial charge >= 0.3 is 0 Å². The van der Waals surface area contributed by atoms with E-state index < -0.39 is 5.54 Å². The fourth-order valence-electron chi connectivity index (χ4n) is 2.35. The molecule has 1 fully saturated rings. The Hall–Kier alpha value is -1.35. The maximum atomic E-state index is 11.7. The minimum atomic E-state index is -0.640. The maximum Gasteiger partial charge on any atom is 0.242 e. The van der Waals surface area contributed by atoms with Crippen molar-refractivity contribution in [3.8, 4) is 0 Å². The fraction of sp³-hybridized carbons (Fsp3) is 0.462. The summed E-state index contributed by atoms with van der Waals surface area (Å²) < 4.78 is 0. The van der Waals surface area contributed by atoms with Gasteiger partial charge in [0.2, 0.25) is 5.91 Å². The summed E-state index contributed by atoms with van der Waals surface area (Å²) in [6, 6.07) is 6.12. The SMILES string of the molecule is Cc1ccc(C2(C(N)=O)CCCN2)cc1C. The van der Waals surface area contributed by atoms with Crippen LogP contribution in [0.4, 0.5) is 0 Å². The molecule has 1 saturated heterocycles. The smallest absolute Gasteiger partial charge is 0.242 e. The predicted octanol–water partition coefficient (Wildman–Crippen LogP) is 1.37. The van der Waals surface area contributed by atoms with Crippen LogP contribution in [0, 0.1) is 13.8 Å². The van der Waals surface area contributed by atoms with Gasteiger partial charge in [-0.2, -0.15) is 0 Å². The number of aryl methyl sites for hydroxylation is 2. The van der Waals surface area contributed by atoms with Crippen LogP contribution in [0.25, 0.3) is 0 Å². The van der Waals surface area contributed by atoms with Gasteiger partial charge in [0.15, 0.2) is 0 Å². The van der Waals surface area contributed by atoms with E-state index >= 15 is 0 Å².